The molecule has 16 heavy (non-hydrogen) atoms. The number of hydrogen-bond acceptors (Lipinski definition) is 4. The van der Waals surface area contributed by atoms with E-state index in [-0.39, 0.29) is 24.0 Å². The third-order valence-corrected chi connectivity index (χ3v) is 3.40. The van der Waals surface area contributed by atoms with Crippen molar-refractivity contribution in [3.05, 3.63) is 12.4 Å². The van der Waals surface area contributed by atoms with Crippen molar-refractivity contribution < 1.29 is 9.53 Å². The minimum absolute atomic E-state index is 0.0249. The molecule has 3 rings (SSSR count). The molecule has 3 aliphatic heterocycles. The van der Waals surface area contributed by atoms with Crippen molar-refractivity contribution in [2.24, 2.45) is 10.9 Å². The van der Waals surface area contributed by atoms with E-state index in [0.717, 1.165) is 19.5 Å². The van der Waals surface area contributed by atoms with Crippen molar-refractivity contribution in [2.45, 2.75) is 18.6 Å². The summed E-state index contributed by atoms with van der Waals surface area (Å²) in [5.74, 6) is 0.108. The molecule has 0 aromatic heterocycles. The van der Waals surface area contributed by atoms with Crippen molar-refractivity contribution in [3.63, 3.8) is 0 Å². The Morgan fingerprint density at radius 3 is 3.44 bits per heavy atom. The van der Waals surface area contributed by atoms with Gasteiger partial charge in [-0.2, -0.15) is 0 Å². The first-order valence-corrected chi connectivity index (χ1v) is 5.71. The summed E-state index contributed by atoms with van der Waals surface area (Å²) in [7, 11) is 0. The summed E-state index contributed by atoms with van der Waals surface area (Å²) in [5, 5.41) is 3.25. The Hall–Kier alpha value is -1.20. The number of rotatable bonds is 0. The molecule has 3 unspecified atom stereocenters. The molecule has 2 fully saturated rings. The van der Waals surface area contributed by atoms with Crippen LogP contribution in [0.2, 0.25) is 0 Å². The summed E-state index contributed by atoms with van der Waals surface area (Å²) in [5.41, 5.74) is 0. The fourth-order valence-electron chi connectivity index (χ4n) is 2.50. The fraction of sp³-hybridized carbons (Fsp3) is 0.636. The van der Waals surface area contributed by atoms with Gasteiger partial charge >= 0.3 is 0 Å². The van der Waals surface area contributed by atoms with Crippen LogP contribution in [0.15, 0.2) is 17.4 Å². The maximum absolute atomic E-state index is 12.3. The van der Waals surface area contributed by atoms with E-state index in [1.807, 2.05) is 0 Å². The first-order chi connectivity index (χ1) is 7.86. The summed E-state index contributed by atoms with van der Waals surface area (Å²) in [6.45, 7) is 2.21. The highest BCUT2D eigenvalue weighted by Crippen LogP contribution is 2.24. The lowest BCUT2D eigenvalue weighted by Crippen LogP contribution is -2.48. The fourth-order valence-corrected chi connectivity index (χ4v) is 2.50. The number of piperidine rings is 1. The quantitative estimate of drug-likeness (QED) is 0.613. The average Bonchev–Trinajstić information content (AvgIpc) is 2.49. The summed E-state index contributed by atoms with van der Waals surface area (Å²) >= 11 is 0. The molecule has 0 aliphatic carbocycles. The number of ether oxygens (including phenoxy) is 1. The molecule has 0 aromatic rings. The number of aliphatic imine (C=N–C) groups is 1. The lowest BCUT2D eigenvalue weighted by Gasteiger charge is -2.30. The molecule has 0 aromatic carbocycles. The Kier molecular flexibility index (Phi) is 2.49. The van der Waals surface area contributed by atoms with E-state index in [1.165, 1.54) is 0 Å². The zero-order valence-corrected chi connectivity index (χ0v) is 9.00. The molecular formula is C11H15N3O2. The van der Waals surface area contributed by atoms with Gasteiger partial charge in [0.15, 0.2) is 0 Å². The normalized spacial score (nSPS) is 37.9. The Bertz CT molecular complexity index is 353. The molecule has 5 heteroatoms. The molecule has 2 saturated heterocycles. The SMILES string of the molecule is O=C1C2CNCCC2OCC2C=NC=CN12. The van der Waals surface area contributed by atoms with Crippen molar-refractivity contribution in [1.82, 2.24) is 10.2 Å². The van der Waals surface area contributed by atoms with E-state index in [1.54, 1.807) is 23.5 Å². The zero-order valence-electron chi connectivity index (χ0n) is 9.00. The largest absolute Gasteiger partial charge is 0.375 e. The maximum Gasteiger partial charge on any atom is 0.234 e. The molecule has 3 heterocycles. The molecule has 0 spiro atoms. The van der Waals surface area contributed by atoms with Crippen LogP contribution in [-0.2, 0) is 9.53 Å². The van der Waals surface area contributed by atoms with E-state index >= 15 is 0 Å². The predicted octanol–water partition coefficient (Wildman–Crippen LogP) is -0.252. The van der Waals surface area contributed by atoms with Crippen LogP contribution in [-0.4, -0.2) is 48.9 Å². The smallest absolute Gasteiger partial charge is 0.234 e. The third kappa shape index (κ3) is 1.56. The Morgan fingerprint density at radius 1 is 1.56 bits per heavy atom. The van der Waals surface area contributed by atoms with Crippen molar-refractivity contribution in [3.8, 4) is 0 Å². The highest BCUT2D eigenvalue weighted by atomic mass is 16.5. The number of hydrogen-bond donors (Lipinski definition) is 1. The average molecular weight is 221 g/mol. The molecule has 0 saturated carbocycles. The summed E-state index contributed by atoms with van der Waals surface area (Å²) in [6.07, 6.45) is 6.18. The second-order valence-electron chi connectivity index (χ2n) is 4.38. The molecule has 0 radical (unpaired) electrons. The second-order valence-corrected chi connectivity index (χ2v) is 4.38. The molecule has 86 valence electrons. The van der Waals surface area contributed by atoms with Crippen LogP contribution in [0.4, 0.5) is 0 Å². The van der Waals surface area contributed by atoms with Gasteiger partial charge in [0, 0.05) is 25.2 Å². The van der Waals surface area contributed by atoms with E-state index in [0.29, 0.717) is 6.61 Å². The Labute approximate surface area is 94.2 Å². The van der Waals surface area contributed by atoms with Crippen molar-refractivity contribution in [1.29, 1.82) is 0 Å². The van der Waals surface area contributed by atoms with Crippen LogP contribution in [0.5, 0.6) is 0 Å². The van der Waals surface area contributed by atoms with Gasteiger partial charge in [-0.15, -0.1) is 0 Å². The number of carbonyl (C=O) groups excluding carboxylic acids is 1. The molecule has 5 nitrogen and oxygen atoms in total. The number of amides is 1. The number of fused-ring (bicyclic) bond motifs is 2. The summed E-state index contributed by atoms with van der Waals surface area (Å²) < 4.78 is 5.82. The number of nitrogens with zero attached hydrogens (tertiary/aromatic N) is 2. The van der Waals surface area contributed by atoms with Gasteiger partial charge in [-0.25, -0.2) is 0 Å². The molecule has 0 bridgehead atoms. The summed E-state index contributed by atoms with van der Waals surface area (Å²) in [6, 6.07) is -0.0249. The Balaban J connectivity index is 1.87. The van der Waals surface area contributed by atoms with Crippen LogP contribution in [0, 0.1) is 5.92 Å². The van der Waals surface area contributed by atoms with E-state index in [2.05, 4.69) is 10.3 Å². The van der Waals surface area contributed by atoms with Gasteiger partial charge < -0.3 is 15.0 Å². The van der Waals surface area contributed by atoms with Gasteiger partial charge in [-0.1, -0.05) is 0 Å². The lowest BCUT2D eigenvalue weighted by molar-refractivity contribution is -0.135. The minimum atomic E-state index is -0.0464. The molecule has 1 N–H and O–H groups in total. The van der Waals surface area contributed by atoms with E-state index in [9.17, 15) is 4.79 Å². The first-order valence-electron chi connectivity index (χ1n) is 5.71. The van der Waals surface area contributed by atoms with Gasteiger partial charge in [0.25, 0.3) is 0 Å². The molecule has 1 amide bonds. The van der Waals surface area contributed by atoms with Crippen molar-refractivity contribution >= 4 is 12.1 Å². The van der Waals surface area contributed by atoms with Gasteiger partial charge in [0.05, 0.1) is 24.7 Å². The molecule has 3 aliphatic rings. The summed E-state index contributed by atoms with van der Waals surface area (Å²) in [4.78, 5) is 18.1. The van der Waals surface area contributed by atoms with E-state index in [4.69, 9.17) is 4.74 Å². The predicted molar refractivity (Wildman–Crippen MR) is 59.0 cm³/mol. The van der Waals surface area contributed by atoms with Gasteiger partial charge in [-0.05, 0) is 13.0 Å². The zero-order chi connectivity index (χ0) is 11.0. The van der Waals surface area contributed by atoms with Crippen LogP contribution in [0.3, 0.4) is 0 Å². The van der Waals surface area contributed by atoms with Gasteiger partial charge in [0.2, 0.25) is 5.91 Å². The minimum Gasteiger partial charge on any atom is -0.375 e. The van der Waals surface area contributed by atoms with Crippen LogP contribution < -0.4 is 5.32 Å². The second kappa shape index (κ2) is 3.99. The number of carbonyl (C=O) groups is 1. The highest BCUT2D eigenvalue weighted by molar-refractivity contribution is 5.85. The van der Waals surface area contributed by atoms with Gasteiger partial charge in [0.1, 0.15) is 0 Å². The Morgan fingerprint density at radius 2 is 2.50 bits per heavy atom. The van der Waals surface area contributed by atoms with Crippen LogP contribution >= 0.6 is 0 Å². The third-order valence-electron chi connectivity index (χ3n) is 3.40. The maximum atomic E-state index is 12.3. The standard InChI is InChI=1S/C11H15N3O2/c15-11-9-6-12-2-1-10(9)16-7-8-5-13-3-4-14(8)11/h3-5,8-10,12H,1-2,6-7H2. The van der Waals surface area contributed by atoms with Crippen LogP contribution in [0.1, 0.15) is 6.42 Å². The first kappa shape index (κ1) is 9.99. The van der Waals surface area contributed by atoms with E-state index < -0.39 is 0 Å². The van der Waals surface area contributed by atoms with Crippen molar-refractivity contribution in [2.75, 3.05) is 19.7 Å². The van der Waals surface area contributed by atoms with Crippen LogP contribution in [0.25, 0.3) is 0 Å². The molecular weight excluding hydrogens is 206 g/mol. The highest BCUT2D eigenvalue weighted by Gasteiger charge is 2.39. The topological polar surface area (TPSA) is 53.9 Å². The lowest BCUT2D eigenvalue weighted by atomic mass is 9.95. The van der Waals surface area contributed by atoms with Gasteiger partial charge in [-0.3, -0.25) is 9.79 Å². The monoisotopic (exact) mass is 221 g/mol. The molecule has 3 atom stereocenters. The number of nitrogens with one attached hydrogen (secondary N) is 1.